The monoisotopic (exact) mass is 533 g/mol. The number of carbonyl (C=O) groups excluding carboxylic acids is 2. The summed E-state index contributed by atoms with van der Waals surface area (Å²) in [5, 5.41) is 10.2. The topological polar surface area (TPSA) is 88.5 Å². The summed E-state index contributed by atoms with van der Waals surface area (Å²) in [6, 6.07) is 19.3. The Balaban J connectivity index is 1.62. The molecule has 0 fully saturated rings. The first kappa shape index (κ1) is 27.3. The van der Waals surface area contributed by atoms with Gasteiger partial charge in [-0.15, -0.1) is 0 Å². The van der Waals surface area contributed by atoms with Crippen LogP contribution in [0.25, 0.3) is 16.8 Å². The number of amides is 3. The zero-order chi connectivity index (χ0) is 27.9. The molecule has 10 heteroatoms. The third-order valence-electron chi connectivity index (χ3n) is 5.98. The van der Waals surface area contributed by atoms with Crippen molar-refractivity contribution in [1.29, 1.82) is 0 Å². The van der Waals surface area contributed by atoms with Crippen LogP contribution < -0.4 is 15.4 Å². The van der Waals surface area contributed by atoms with Gasteiger partial charge >= 0.3 is 6.03 Å². The Labute approximate surface area is 225 Å². The van der Waals surface area contributed by atoms with Crippen LogP contribution in [0.3, 0.4) is 0 Å². The first-order valence-electron chi connectivity index (χ1n) is 12.4. The van der Waals surface area contributed by atoms with Gasteiger partial charge in [0, 0.05) is 23.9 Å². The number of aryl methyl sites for hydroxylation is 1. The van der Waals surface area contributed by atoms with Gasteiger partial charge in [-0.3, -0.25) is 4.79 Å². The van der Waals surface area contributed by atoms with Crippen LogP contribution in [0, 0.1) is 18.6 Å². The number of anilines is 2. The molecule has 8 nitrogen and oxygen atoms in total. The lowest BCUT2D eigenvalue weighted by atomic mass is 10.1. The van der Waals surface area contributed by atoms with Crippen molar-refractivity contribution >= 4 is 23.4 Å². The standard InChI is InChI=1S/C29H29F2N5O3/c1-4-16-35(29(38)32-21-10-15-24(30)25(31)17-21)18-26(37)33-28-27(20-8-6-5-7-9-20)19(2)34-36(28)22-11-13-23(39-3)14-12-22/h5-15,17H,4,16,18H2,1-3H3,(H,32,38)(H,33,37). The number of nitrogens with one attached hydrogen (secondary N) is 2. The summed E-state index contributed by atoms with van der Waals surface area (Å²) in [6.45, 7) is 3.72. The van der Waals surface area contributed by atoms with Crippen molar-refractivity contribution in [2.24, 2.45) is 0 Å². The van der Waals surface area contributed by atoms with E-state index in [1.54, 1.807) is 23.9 Å². The van der Waals surface area contributed by atoms with Gasteiger partial charge in [0.15, 0.2) is 11.6 Å². The van der Waals surface area contributed by atoms with Crippen LogP contribution in [0.1, 0.15) is 19.0 Å². The summed E-state index contributed by atoms with van der Waals surface area (Å²) >= 11 is 0. The number of halogens is 2. The van der Waals surface area contributed by atoms with Crippen LogP contribution in [-0.2, 0) is 4.79 Å². The molecule has 0 saturated heterocycles. The second-order valence-corrected chi connectivity index (χ2v) is 8.81. The number of nitrogens with zero attached hydrogens (tertiary/aromatic N) is 3. The van der Waals surface area contributed by atoms with Gasteiger partial charge in [-0.25, -0.2) is 18.3 Å². The van der Waals surface area contributed by atoms with Crippen molar-refractivity contribution in [1.82, 2.24) is 14.7 Å². The molecule has 0 atom stereocenters. The second kappa shape index (κ2) is 12.2. The van der Waals surface area contributed by atoms with E-state index in [4.69, 9.17) is 4.74 Å². The van der Waals surface area contributed by atoms with Crippen molar-refractivity contribution < 1.29 is 23.1 Å². The van der Waals surface area contributed by atoms with E-state index in [1.807, 2.05) is 56.3 Å². The lowest BCUT2D eigenvalue weighted by Crippen LogP contribution is -2.41. The van der Waals surface area contributed by atoms with Gasteiger partial charge < -0.3 is 20.3 Å². The molecule has 0 bridgehead atoms. The lowest BCUT2D eigenvalue weighted by molar-refractivity contribution is -0.116. The van der Waals surface area contributed by atoms with Crippen molar-refractivity contribution in [2.45, 2.75) is 20.3 Å². The summed E-state index contributed by atoms with van der Waals surface area (Å²) in [6.07, 6.45) is 0.580. The minimum Gasteiger partial charge on any atom is -0.497 e. The van der Waals surface area contributed by atoms with E-state index < -0.39 is 23.6 Å². The Morgan fingerprint density at radius 2 is 1.69 bits per heavy atom. The van der Waals surface area contributed by atoms with E-state index >= 15 is 0 Å². The molecule has 0 radical (unpaired) electrons. The molecule has 1 heterocycles. The fourth-order valence-corrected chi connectivity index (χ4v) is 4.15. The highest BCUT2D eigenvalue weighted by atomic mass is 19.2. The number of urea groups is 1. The predicted molar refractivity (Wildman–Crippen MR) is 146 cm³/mol. The third kappa shape index (κ3) is 6.40. The minimum absolute atomic E-state index is 0.0833. The first-order valence-corrected chi connectivity index (χ1v) is 12.4. The van der Waals surface area contributed by atoms with E-state index in [2.05, 4.69) is 15.7 Å². The number of hydrogen-bond acceptors (Lipinski definition) is 4. The van der Waals surface area contributed by atoms with Crippen LogP contribution >= 0.6 is 0 Å². The fraction of sp³-hybridized carbons (Fsp3) is 0.207. The van der Waals surface area contributed by atoms with Gasteiger partial charge in [-0.05, 0) is 55.3 Å². The molecule has 39 heavy (non-hydrogen) atoms. The summed E-state index contributed by atoms with van der Waals surface area (Å²) < 4.78 is 33.8. The zero-order valence-corrected chi connectivity index (χ0v) is 21.9. The van der Waals surface area contributed by atoms with Crippen molar-refractivity contribution in [2.75, 3.05) is 30.8 Å². The SMILES string of the molecule is CCCN(CC(=O)Nc1c(-c2ccccc2)c(C)nn1-c1ccc(OC)cc1)C(=O)Nc1ccc(F)c(F)c1. The number of hydrogen-bond donors (Lipinski definition) is 2. The van der Waals surface area contributed by atoms with Gasteiger partial charge in [0.05, 0.1) is 18.5 Å². The van der Waals surface area contributed by atoms with Crippen LogP contribution in [-0.4, -0.2) is 46.8 Å². The molecular weight excluding hydrogens is 504 g/mol. The van der Waals surface area contributed by atoms with Crippen molar-refractivity contribution in [3.63, 3.8) is 0 Å². The highest BCUT2D eigenvalue weighted by Crippen LogP contribution is 2.33. The fourth-order valence-electron chi connectivity index (χ4n) is 4.15. The van der Waals surface area contributed by atoms with Crippen molar-refractivity contribution in [3.05, 3.63) is 90.1 Å². The Kier molecular flexibility index (Phi) is 8.55. The molecule has 4 rings (SSSR count). The largest absolute Gasteiger partial charge is 0.497 e. The molecule has 202 valence electrons. The number of rotatable bonds is 9. The van der Waals surface area contributed by atoms with Crippen LogP contribution in [0.5, 0.6) is 5.75 Å². The van der Waals surface area contributed by atoms with E-state index in [-0.39, 0.29) is 18.8 Å². The Hall–Kier alpha value is -4.73. The van der Waals surface area contributed by atoms with E-state index in [0.29, 0.717) is 29.4 Å². The summed E-state index contributed by atoms with van der Waals surface area (Å²) in [5.74, 6) is -1.42. The molecule has 3 amide bonds. The first-order chi connectivity index (χ1) is 18.8. The average molecular weight is 534 g/mol. The molecule has 0 saturated carbocycles. The molecule has 1 aromatic heterocycles. The maximum atomic E-state index is 13.6. The van der Waals surface area contributed by atoms with Crippen LogP contribution in [0.4, 0.5) is 25.1 Å². The van der Waals surface area contributed by atoms with E-state index in [0.717, 1.165) is 23.3 Å². The van der Waals surface area contributed by atoms with Crippen molar-refractivity contribution in [3.8, 4) is 22.6 Å². The maximum absolute atomic E-state index is 13.6. The van der Waals surface area contributed by atoms with Gasteiger partial charge in [0.2, 0.25) is 5.91 Å². The number of carbonyl (C=O) groups is 2. The second-order valence-electron chi connectivity index (χ2n) is 8.81. The third-order valence-corrected chi connectivity index (χ3v) is 5.98. The average Bonchev–Trinajstić information content (AvgIpc) is 3.26. The molecule has 0 aliphatic heterocycles. The van der Waals surface area contributed by atoms with Gasteiger partial charge in [-0.1, -0.05) is 37.3 Å². The molecule has 2 N–H and O–H groups in total. The van der Waals surface area contributed by atoms with Gasteiger partial charge in [0.25, 0.3) is 0 Å². The summed E-state index contributed by atoms with van der Waals surface area (Å²) in [5.41, 5.74) is 3.10. The Morgan fingerprint density at radius 1 is 0.974 bits per heavy atom. The maximum Gasteiger partial charge on any atom is 0.322 e. The van der Waals surface area contributed by atoms with Gasteiger partial charge in [-0.2, -0.15) is 5.10 Å². The zero-order valence-electron chi connectivity index (χ0n) is 21.9. The number of aromatic nitrogens is 2. The summed E-state index contributed by atoms with van der Waals surface area (Å²) in [4.78, 5) is 27.5. The molecule has 0 aliphatic rings. The lowest BCUT2D eigenvalue weighted by Gasteiger charge is -2.22. The molecular formula is C29H29F2N5O3. The number of methoxy groups -OCH3 is 1. The van der Waals surface area contributed by atoms with Gasteiger partial charge in [0.1, 0.15) is 18.1 Å². The Bertz CT molecular complexity index is 1460. The van der Waals surface area contributed by atoms with Crippen LogP contribution in [0.15, 0.2) is 72.8 Å². The molecule has 0 spiro atoms. The Morgan fingerprint density at radius 3 is 2.33 bits per heavy atom. The smallest absolute Gasteiger partial charge is 0.322 e. The van der Waals surface area contributed by atoms with Crippen LogP contribution in [0.2, 0.25) is 0 Å². The highest BCUT2D eigenvalue weighted by molar-refractivity contribution is 5.99. The number of benzene rings is 3. The molecule has 0 unspecified atom stereocenters. The molecule has 0 aliphatic carbocycles. The van der Waals surface area contributed by atoms with E-state index in [1.165, 1.54) is 11.0 Å². The van der Waals surface area contributed by atoms with E-state index in [9.17, 15) is 18.4 Å². The minimum atomic E-state index is -1.08. The highest BCUT2D eigenvalue weighted by Gasteiger charge is 2.23. The molecule has 4 aromatic rings. The predicted octanol–water partition coefficient (Wildman–Crippen LogP) is 6.02. The quantitative estimate of drug-likeness (QED) is 0.276. The normalized spacial score (nSPS) is 10.7. The molecule has 3 aromatic carbocycles. The number of ether oxygens (including phenoxy) is 1. The summed E-state index contributed by atoms with van der Waals surface area (Å²) in [7, 11) is 1.58.